The van der Waals surface area contributed by atoms with Crippen LogP contribution in [-0.4, -0.2) is 79.2 Å². The number of hydrogen-bond acceptors (Lipinski definition) is 6. The van der Waals surface area contributed by atoms with Gasteiger partial charge in [0, 0.05) is 45.5 Å². The van der Waals surface area contributed by atoms with Crippen molar-refractivity contribution in [1.82, 2.24) is 10.2 Å². The second-order valence-corrected chi connectivity index (χ2v) is 8.52. The molecular weight excluding hydrogens is 433 g/mol. The summed E-state index contributed by atoms with van der Waals surface area (Å²) < 4.78 is 48.6. The highest BCUT2D eigenvalue weighted by atomic mass is 19.4. The Kier molecular flexibility index (Phi) is 8.18. The summed E-state index contributed by atoms with van der Waals surface area (Å²) in [7, 11) is 0. The van der Waals surface area contributed by atoms with E-state index >= 15 is 0 Å². The predicted octanol–water partition coefficient (Wildman–Crippen LogP) is 2.69. The maximum Gasteiger partial charge on any atom is 0.490 e. The summed E-state index contributed by atoms with van der Waals surface area (Å²) in [6.45, 7) is 5.75. The van der Waals surface area contributed by atoms with E-state index in [1.807, 2.05) is 0 Å². The Labute approximate surface area is 184 Å². The van der Waals surface area contributed by atoms with Gasteiger partial charge in [-0.15, -0.1) is 0 Å². The fourth-order valence-corrected chi connectivity index (χ4v) is 4.48. The number of carbonyl (C=O) groups excluding carboxylic acids is 1. The minimum absolute atomic E-state index is 0.0927. The monoisotopic (exact) mass is 462 g/mol. The molecule has 1 aromatic heterocycles. The van der Waals surface area contributed by atoms with E-state index in [0.717, 1.165) is 58.0 Å². The van der Waals surface area contributed by atoms with Crippen LogP contribution in [0.25, 0.3) is 0 Å². The maximum atomic E-state index is 12.2. The number of rotatable bonds is 4. The summed E-state index contributed by atoms with van der Waals surface area (Å²) in [5.74, 6) is -1.74. The molecule has 0 bridgehead atoms. The molecule has 1 spiro atoms. The number of furan rings is 1. The number of hydrogen-bond donors (Lipinski definition) is 2. The van der Waals surface area contributed by atoms with E-state index in [2.05, 4.69) is 10.2 Å². The van der Waals surface area contributed by atoms with E-state index in [0.29, 0.717) is 12.4 Å². The number of likely N-dealkylation sites (tertiary alicyclic amines) is 1. The molecule has 11 heteroatoms. The zero-order valence-corrected chi connectivity index (χ0v) is 17.7. The van der Waals surface area contributed by atoms with Crippen molar-refractivity contribution in [2.24, 2.45) is 5.92 Å². The largest absolute Gasteiger partial charge is 0.490 e. The summed E-state index contributed by atoms with van der Waals surface area (Å²) in [5, 5.41) is 10.2. The van der Waals surface area contributed by atoms with E-state index in [4.69, 9.17) is 23.8 Å². The highest BCUT2D eigenvalue weighted by molar-refractivity contribution is 5.91. The fraction of sp³-hybridized carbons (Fsp3) is 0.714. The van der Waals surface area contributed by atoms with Gasteiger partial charge in [0.2, 0.25) is 0 Å². The second kappa shape index (κ2) is 10.7. The van der Waals surface area contributed by atoms with Gasteiger partial charge in [-0.05, 0) is 50.2 Å². The van der Waals surface area contributed by atoms with Gasteiger partial charge in [-0.3, -0.25) is 4.79 Å². The number of carbonyl (C=O) groups is 2. The van der Waals surface area contributed by atoms with E-state index < -0.39 is 12.1 Å². The number of aliphatic carboxylic acids is 1. The SMILES string of the molecule is O=C(N[C@H]1CCO[C@]2(CCN(CC3CCOCC3)C2)C1)c1ccco1.O=C(O)C(F)(F)F. The fourth-order valence-electron chi connectivity index (χ4n) is 4.48. The van der Waals surface area contributed by atoms with Crippen LogP contribution in [0.3, 0.4) is 0 Å². The van der Waals surface area contributed by atoms with Crippen molar-refractivity contribution in [3.63, 3.8) is 0 Å². The highest BCUT2D eigenvalue weighted by Crippen LogP contribution is 2.35. The molecule has 0 aromatic carbocycles. The van der Waals surface area contributed by atoms with E-state index in [9.17, 15) is 18.0 Å². The van der Waals surface area contributed by atoms with Crippen molar-refractivity contribution >= 4 is 11.9 Å². The number of nitrogens with zero attached hydrogens (tertiary/aromatic N) is 1. The van der Waals surface area contributed by atoms with Crippen molar-refractivity contribution in [2.45, 2.75) is 49.9 Å². The van der Waals surface area contributed by atoms with Gasteiger partial charge in [-0.2, -0.15) is 13.2 Å². The minimum atomic E-state index is -5.08. The molecule has 3 saturated heterocycles. The van der Waals surface area contributed by atoms with Gasteiger partial charge in [0.25, 0.3) is 5.91 Å². The van der Waals surface area contributed by atoms with Crippen molar-refractivity contribution in [2.75, 3.05) is 39.5 Å². The molecule has 4 rings (SSSR count). The summed E-state index contributed by atoms with van der Waals surface area (Å²) >= 11 is 0. The zero-order chi connectivity index (χ0) is 23.2. The van der Waals surface area contributed by atoms with Crippen molar-refractivity contribution in [3.8, 4) is 0 Å². The summed E-state index contributed by atoms with van der Waals surface area (Å²) in [6, 6.07) is 3.61. The van der Waals surface area contributed by atoms with E-state index in [1.165, 1.54) is 19.1 Å². The number of carboxylic acids is 1. The molecule has 0 unspecified atom stereocenters. The van der Waals surface area contributed by atoms with Crippen LogP contribution in [0.15, 0.2) is 22.8 Å². The van der Waals surface area contributed by atoms with Crippen LogP contribution in [0.4, 0.5) is 13.2 Å². The molecular formula is C21H29F3N2O6. The molecule has 2 atom stereocenters. The van der Waals surface area contributed by atoms with Crippen LogP contribution in [0.5, 0.6) is 0 Å². The van der Waals surface area contributed by atoms with Gasteiger partial charge in [-0.25, -0.2) is 4.79 Å². The Bertz CT molecular complexity index is 751. The Morgan fingerprint density at radius 2 is 1.94 bits per heavy atom. The Hall–Kier alpha value is -2.11. The average molecular weight is 462 g/mol. The van der Waals surface area contributed by atoms with Crippen LogP contribution < -0.4 is 5.32 Å². The molecule has 1 aromatic rings. The van der Waals surface area contributed by atoms with Gasteiger partial charge < -0.3 is 29.2 Å². The van der Waals surface area contributed by atoms with Gasteiger partial charge in [0.1, 0.15) is 0 Å². The first-order chi connectivity index (χ1) is 15.2. The number of carboxylic acid groups (broad SMARTS) is 1. The Morgan fingerprint density at radius 3 is 2.56 bits per heavy atom. The topological polar surface area (TPSA) is 101 Å². The molecule has 0 radical (unpaired) electrons. The third-order valence-corrected chi connectivity index (χ3v) is 6.07. The quantitative estimate of drug-likeness (QED) is 0.710. The third-order valence-electron chi connectivity index (χ3n) is 6.07. The molecule has 4 heterocycles. The Balaban J connectivity index is 0.000000360. The van der Waals surface area contributed by atoms with Crippen LogP contribution in [-0.2, 0) is 14.3 Å². The lowest BCUT2D eigenvalue weighted by atomic mass is 9.89. The number of ether oxygens (including phenoxy) is 2. The molecule has 3 fully saturated rings. The second-order valence-electron chi connectivity index (χ2n) is 8.52. The van der Waals surface area contributed by atoms with Gasteiger partial charge in [0.05, 0.1) is 11.9 Å². The maximum absolute atomic E-state index is 12.2. The standard InChI is InChI=1S/C19H28N2O4.C2HF3O2/c22-18(17-2-1-8-24-17)20-16-5-11-25-19(12-16)6-7-21(14-19)13-15-3-9-23-10-4-15;3-2(4,5)1(6)7/h1-2,8,15-16H,3-7,9-14H2,(H,20,22);(H,6,7)/t16-,19+;/m0./s1. The molecule has 180 valence electrons. The molecule has 0 saturated carbocycles. The summed E-state index contributed by atoms with van der Waals surface area (Å²) in [6.07, 6.45) is 1.62. The number of amides is 1. The van der Waals surface area contributed by atoms with Crippen LogP contribution in [0.2, 0.25) is 0 Å². The number of halogens is 3. The van der Waals surface area contributed by atoms with Gasteiger partial charge >= 0.3 is 12.1 Å². The van der Waals surface area contributed by atoms with Crippen LogP contribution >= 0.6 is 0 Å². The first-order valence-corrected chi connectivity index (χ1v) is 10.8. The van der Waals surface area contributed by atoms with Crippen LogP contribution in [0.1, 0.15) is 42.7 Å². The van der Waals surface area contributed by atoms with Gasteiger partial charge in [-0.1, -0.05) is 0 Å². The molecule has 1 amide bonds. The summed E-state index contributed by atoms with van der Waals surface area (Å²) in [4.78, 5) is 23.7. The lowest BCUT2D eigenvalue weighted by Gasteiger charge is -2.38. The van der Waals surface area contributed by atoms with Crippen molar-refractivity contribution in [1.29, 1.82) is 0 Å². The van der Waals surface area contributed by atoms with E-state index in [-0.39, 0.29) is 17.6 Å². The lowest BCUT2D eigenvalue weighted by molar-refractivity contribution is -0.192. The summed E-state index contributed by atoms with van der Waals surface area (Å²) in [5.41, 5.74) is -0.0927. The predicted molar refractivity (Wildman–Crippen MR) is 106 cm³/mol. The first kappa shape index (κ1) is 24.5. The zero-order valence-electron chi connectivity index (χ0n) is 17.7. The molecule has 3 aliphatic rings. The smallest absolute Gasteiger partial charge is 0.475 e. The normalized spacial score (nSPS) is 27.0. The van der Waals surface area contributed by atoms with E-state index in [1.54, 1.807) is 12.1 Å². The lowest BCUT2D eigenvalue weighted by Crippen LogP contribution is -2.50. The average Bonchev–Trinajstić information content (AvgIpc) is 3.40. The number of alkyl halides is 3. The minimum Gasteiger partial charge on any atom is -0.475 e. The highest BCUT2D eigenvalue weighted by Gasteiger charge is 2.44. The number of nitrogens with one attached hydrogen (secondary N) is 1. The van der Waals surface area contributed by atoms with Crippen molar-refractivity contribution in [3.05, 3.63) is 24.2 Å². The van der Waals surface area contributed by atoms with Crippen molar-refractivity contribution < 1.29 is 41.8 Å². The molecule has 3 aliphatic heterocycles. The molecule has 8 nitrogen and oxygen atoms in total. The molecule has 32 heavy (non-hydrogen) atoms. The Morgan fingerprint density at radius 1 is 1.22 bits per heavy atom. The van der Waals surface area contributed by atoms with Gasteiger partial charge in [0.15, 0.2) is 5.76 Å². The van der Waals surface area contributed by atoms with Crippen LogP contribution in [0, 0.1) is 5.92 Å². The first-order valence-electron chi connectivity index (χ1n) is 10.8. The molecule has 2 N–H and O–H groups in total. The third kappa shape index (κ3) is 6.94. The molecule has 0 aliphatic carbocycles.